The predicted octanol–water partition coefficient (Wildman–Crippen LogP) is 17.0. The van der Waals surface area contributed by atoms with Crippen LogP contribution in [0.4, 0.5) is 9.59 Å². The number of methoxy groups -OCH3 is 6. The van der Waals surface area contributed by atoms with E-state index in [1.165, 1.54) is 34.1 Å². The molecule has 26 nitrogen and oxygen atoms in total. The molecule has 720 valence electrons. The molecular weight excluding hydrogens is 1850 g/mol. The van der Waals surface area contributed by atoms with Crippen LogP contribution < -0.4 is 61.5 Å². The standard InChI is InChI=1S/C57H60N4O9.C55H56N4O9.Ru/c1-7-19-38-31-36-21-9-11-23-40(36)50(52(38)67-4)51-41-24-12-10-22-37(41)32-39(53(51)68-5)33-49(59-35(3)62)55(64)60-47(54(63)61-48(20-8-2)56(65)69-6)29-17-18-30-58-57(66)70-34-46-44-27-15-13-25-42(44)43-26-14-16-28-45(43)46;1-33(60)57-47-31-37-30-35-18-6-9-21-39(35)49(51(37)66-3)48-38-20-8-5-17-34(38)29-36(50(48)65-2)19-7-14-27-46(54(63)67-4)59-52(61)45(58-53(47)62)26-15-16-28-56-55(64)68-32-44-42-24-12-10-22-40(42)41-23-11-13-25-43(41)44;/h7-16,21-28,31-32,46-49H,1-2,17-20,29-30,33-34H2,3-6H3,(H,58,66)(H,59,62)(H,60,64)(H,61,63);5-14,17-18,20-25,29-30,44-47H,15-16,19,26-28,31-32H2,1-4H3,(H,56,64)(H,57,60)(H,58,62)(H,59,61);/t47-,48-,49?;45-,46-,47?;/m00./s1. The van der Waals surface area contributed by atoms with Gasteiger partial charge in [0.25, 0.3) is 0 Å². The predicted molar refractivity (Wildman–Crippen MR) is 534 cm³/mol. The Morgan fingerprint density at radius 3 is 1.35 bits per heavy atom. The molecule has 15 rings (SSSR count). The Balaban J connectivity index is 0.000000233. The molecular formula is C112H116N8O18Ru. The van der Waals surface area contributed by atoms with Crippen molar-refractivity contribution in [3.05, 3.63) is 300 Å². The third-order valence-corrected chi connectivity index (χ3v) is 25.4. The third-order valence-electron chi connectivity index (χ3n) is 25.4. The van der Waals surface area contributed by atoms with Crippen LogP contribution in [-0.2, 0) is 102 Å². The molecule has 0 aromatic heterocycles. The quantitative estimate of drug-likeness (QED) is 0.00623. The van der Waals surface area contributed by atoms with Crippen molar-refractivity contribution in [2.45, 2.75) is 139 Å². The number of unbranched alkanes of at least 4 members (excludes halogenated alkanes) is 2. The van der Waals surface area contributed by atoms with E-state index < -0.39 is 95.8 Å². The number of rotatable bonds is 33. The van der Waals surface area contributed by atoms with Crippen molar-refractivity contribution in [2.75, 3.05) is 69.0 Å². The molecule has 12 aromatic rings. The maximum Gasteiger partial charge on any atom is 0.407 e. The average Bonchev–Trinajstić information content (AvgIpc) is 1.64. The van der Waals surface area contributed by atoms with Gasteiger partial charge >= 0.3 is 24.1 Å². The zero-order valence-corrected chi connectivity index (χ0v) is 80.9. The normalized spacial score (nSPS) is 14.9. The summed E-state index contributed by atoms with van der Waals surface area (Å²) in [5.74, 6) is -2.69. The summed E-state index contributed by atoms with van der Waals surface area (Å²) in [5, 5.41) is 29.8. The van der Waals surface area contributed by atoms with Crippen molar-refractivity contribution in [3.63, 3.8) is 0 Å². The van der Waals surface area contributed by atoms with Crippen LogP contribution in [0.15, 0.2) is 256 Å². The topological polar surface area (TPSA) is 341 Å². The van der Waals surface area contributed by atoms with Crippen molar-refractivity contribution in [1.82, 2.24) is 42.5 Å². The van der Waals surface area contributed by atoms with E-state index in [-0.39, 0.29) is 96.1 Å². The summed E-state index contributed by atoms with van der Waals surface area (Å²) in [7, 11) is 8.87. The van der Waals surface area contributed by atoms with Crippen molar-refractivity contribution in [1.29, 1.82) is 0 Å². The number of hydrogen-bond acceptors (Lipinski definition) is 18. The Kier molecular flexibility index (Phi) is 35.2. The van der Waals surface area contributed by atoms with Gasteiger partial charge in [-0.1, -0.05) is 218 Å². The first-order valence-corrected chi connectivity index (χ1v) is 46.4. The number of amides is 8. The second-order valence-electron chi connectivity index (χ2n) is 34.3. The Labute approximate surface area is 821 Å². The van der Waals surface area contributed by atoms with Crippen LogP contribution in [-0.4, -0.2) is 165 Å². The van der Waals surface area contributed by atoms with Gasteiger partial charge in [-0.05, 0) is 198 Å². The molecule has 2 aliphatic carbocycles. The monoisotopic (exact) mass is 1960 g/mol. The molecule has 6 atom stereocenters. The van der Waals surface area contributed by atoms with E-state index in [9.17, 15) is 47.9 Å². The number of carbonyl (C=O) groups is 10. The van der Waals surface area contributed by atoms with E-state index in [2.05, 4.69) is 116 Å². The van der Waals surface area contributed by atoms with Crippen LogP contribution in [0, 0.1) is 0 Å². The third kappa shape index (κ3) is 23.7. The van der Waals surface area contributed by atoms with Gasteiger partial charge in [-0.25, -0.2) is 19.2 Å². The fourth-order valence-corrected chi connectivity index (χ4v) is 19.2. The Hall–Kier alpha value is -15.0. The van der Waals surface area contributed by atoms with Gasteiger partial charge in [0.15, 0.2) is 0 Å². The number of nitrogens with one attached hydrogen (secondary N) is 8. The molecule has 0 saturated carbocycles. The van der Waals surface area contributed by atoms with E-state index >= 15 is 0 Å². The Morgan fingerprint density at radius 1 is 0.446 bits per heavy atom. The summed E-state index contributed by atoms with van der Waals surface area (Å²) >= 11 is 0. The molecule has 1 heterocycles. The molecule has 0 fully saturated rings. The number of benzene rings is 12. The second kappa shape index (κ2) is 48.2. The molecule has 12 aromatic carbocycles. The van der Waals surface area contributed by atoms with Crippen LogP contribution in [0.3, 0.4) is 0 Å². The van der Waals surface area contributed by atoms with Gasteiger partial charge < -0.3 is 80.4 Å². The molecule has 0 radical (unpaired) electrons. The summed E-state index contributed by atoms with van der Waals surface area (Å²) in [4.78, 5) is 135. The van der Waals surface area contributed by atoms with Crippen molar-refractivity contribution in [3.8, 4) is 67.5 Å². The number of esters is 2. The summed E-state index contributed by atoms with van der Waals surface area (Å²) in [5.41, 5.74) is 15.1. The Bertz CT molecular complexity index is 6540. The zero-order valence-electron chi connectivity index (χ0n) is 79.1. The second-order valence-corrected chi connectivity index (χ2v) is 34.3. The van der Waals surface area contributed by atoms with Gasteiger partial charge in [-0.3, -0.25) is 28.8 Å². The van der Waals surface area contributed by atoms with E-state index in [4.69, 9.17) is 37.9 Å². The number of hydrogen-bond donors (Lipinski definition) is 8. The van der Waals surface area contributed by atoms with E-state index in [0.29, 0.717) is 72.6 Å². The fraction of sp³-hybridized carbons (Fsp3) is 0.286. The van der Waals surface area contributed by atoms with E-state index in [0.717, 1.165) is 121 Å². The van der Waals surface area contributed by atoms with Gasteiger partial charge in [0.05, 0.1) is 42.7 Å². The molecule has 139 heavy (non-hydrogen) atoms. The Morgan fingerprint density at radius 2 is 0.878 bits per heavy atom. The number of ether oxygens (including phenoxy) is 8. The molecule has 8 amide bonds. The van der Waals surface area contributed by atoms with Crippen LogP contribution in [0.2, 0.25) is 0 Å². The van der Waals surface area contributed by atoms with Crippen molar-refractivity contribution in [2.24, 2.45) is 0 Å². The van der Waals surface area contributed by atoms with E-state index in [1.807, 2.05) is 176 Å². The number of alkyl carbamates (subject to hydrolysis) is 2. The van der Waals surface area contributed by atoms with Crippen molar-refractivity contribution < 1.29 is 105 Å². The first-order chi connectivity index (χ1) is 67.1. The minimum Gasteiger partial charge on any atom is -0.496 e. The first-order valence-electron chi connectivity index (χ1n) is 46.4. The molecule has 0 saturated heterocycles. The van der Waals surface area contributed by atoms with Gasteiger partial charge in [0, 0.05) is 93.3 Å². The molecule has 8 N–H and O–H groups in total. The van der Waals surface area contributed by atoms with Crippen LogP contribution in [0.25, 0.3) is 87.6 Å². The summed E-state index contributed by atoms with van der Waals surface area (Å²) < 4.78 is 46.4. The van der Waals surface area contributed by atoms with E-state index in [1.54, 1.807) is 28.4 Å². The fourth-order valence-electron chi connectivity index (χ4n) is 19.2. The minimum absolute atomic E-state index is 0. The maximum absolute atomic E-state index is 14.6. The van der Waals surface area contributed by atoms with Crippen molar-refractivity contribution >= 4 is 103 Å². The molecule has 4 bridgehead atoms. The molecule has 0 spiro atoms. The smallest absolute Gasteiger partial charge is 0.407 e. The van der Waals surface area contributed by atoms with Gasteiger partial charge in [0.1, 0.15) is 72.5 Å². The van der Waals surface area contributed by atoms with Crippen LogP contribution >= 0.6 is 0 Å². The average molecular weight is 1960 g/mol. The van der Waals surface area contributed by atoms with Gasteiger partial charge in [-0.15, -0.1) is 13.2 Å². The van der Waals surface area contributed by atoms with Crippen LogP contribution in [0.1, 0.15) is 122 Å². The number of carbonyl (C=O) groups excluding carboxylic acids is 10. The molecule has 27 heteroatoms. The summed E-state index contributed by atoms with van der Waals surface area (Å²) in [6.45, 7) is 11.1. The minimum atomic E-state index is -1.18. The zero-order chi connectivity index (χ0) is 97.5. The summed E-state index contributed by atoms with van der Waals surface area (Å²) in [6, 6.07) is 65.5. The maximum atomic E-state index is 14.6. The molecule has 1 aliphatic heterocycles. The van der Waals surface area contributed by atoms with Gasteiger partial charge in [0.2, 0.25) is 35.4 Å². The molecule has 2 unspecified atom stereocenters. The first kappa shape index (κ1) is 101. The SMILES string of the molecule is C=CCc1cc2ccccc2c(-c2c(OC)c(CC(NC(C)=O)C(=O)N[C@@H](CCCCNC(=O)OCC3c4ccccc4-c4ccccc43)C(=O)N[C@@H](CC=C)C(=O)OC)cc3ccccc23)c1OC.COC(=O)[C@@H]1CC=CCc2cc3ccccc3c(c2OC)-c2c(OC)c(cc3ccccc23)CC(NC(C)=O)C(=O)N[C@@H](CCCCNC(=O)OCC2c3ccccc3-c3ccccc32)C(=O)N1.[Ru]. The largest absolute Gasteiger partial charge is 0.496 e. The van der Waals surface area contributed by atoms with Crippen LogP contribution in [0.5, 0.6) is 23.0 Å². The summed E-state index contributed by atoms with van der Waals surface area (Å²) in [6.07, 6.45) is 8.93. The van der Waals surface area contributed by atoms with Gasteiger partial charge in [-0.2, -0.15) is 0 Å². The molecule has 3 aliphatic rings. The number of fused-ring (bicyclic) bond motifs is 17. The number of allylic oxidation sites excluding steroid dienone is 2.